The van der Waals surface area contributed by atoms with Gasteiger partial charge >= 0.3 is 5.97 Å². The highest BCUT2D eigenvalue weighted by Gasteiger charge is 2.35. The Hall–Kier alpha value is -1.89. The van der Waals surface area contributed by atoms with Gasteiger partial charge in [0.1, 0.15) is 25.1 Å². The van der Waals surface area contributed by atoms with Gasteiger partial charge in [0, 0.05) is 0 Å². The van der Waals surface area contributed by atoms with Gasteiger partial charge in [0.25, 0.3) is 0 Å². The standard InChI is InChI=1S/C15H17NO5S/c1-2-19-14(18)8-16-13(17)9-22-15(16)10-3-4-11-12(7-10)21-6-5-20-11/h3-4,7,15H,2,5-6,8-9H2,1H3. The van der Waals surface area contributed by atoms with Gasteiger partial charge in [0.2, 0.25) is 5.91 Å². The van der Waals surface area contributed by atoms with Crippen molar-refractivity contribution in [2.45, 2.75) is 12.3 Å². The number of amides is 1. The number of hydrogen-bond donors (Lipinski definition) is 0. The van der Waals surface area contributed by atoms with Crippen LogP contribution >= 0.6 is 11.8 Å². The molecule has 0 radical (unpaired) electrons. The second-order valence-corrected chi connectivity index (χ2v) is 5.96. The van der Waals surface area contributed by atoms with E-state index in [9.17, 15) is 9.59 Å². The molecule has 6 nitrogen and oxygen atoms in total. The maximum Gasteiger partial charge on any atom is 0.325 e. The number of ether oxygens (including phenoxy) is 3. The minimum Gasteiger partial charge on any atom is -0.486 e. The summed E-state index contributed by atoms with van der Waals surface area (Å²) in [6.45, 7) is 3.08. The smallest absolute Gasteiger partial charge is 0.325 e. The third-order valence-corrected chi connectivity index (χ3v) is 4.68. The largest absolute Gasteiger partial charge is 0.486 e. The molecule has 0 N–H and O–H groups in total. The molecule has 118 valence electrons. The summed E-state index contributed by atoms with van der Waals surface area (Å²) in [4.78, 5) is 25.3. The Morgan fingerprint density at radius 2 is 2.14 bits per heavy atom. The Labute approximate surface area is 132 Å². The third-order valence-electron chi connectivity index (χ3n) is 3.42. The second kappa shape index (κ2) is 6.48. The average molecular weight is 323 g/mol. The summed E-state index contributed by atoms with van der Waals surface area (Å²) in [5, 5.41) is -0.201. The second-order valence-electron chi connectivity index (χ2n) is 4.89. The van der Waals surface area contributed by atoms with Crippen molar-refractivity contribution in [3.8, 4) is 11.5 Å². The number of rotatable bonds is 4. The van der Waals surface area contributed by atoms with E-state index in [-0.39, 0.29) is 23.8 Å². The van der Waals surface area contributed by atoms with Crippen LogP contribution in [0.5, 0.6) is 11.5 Å². The third kappa shape index (κ3) is 2.99. The Morgan fingerprint density at radius 1 is 1.36 bits per heavy atom. The van der Waals surface area contributed by atoms with Crippen LogP contribution in [0.25, 0.3) is 0 Å². The molecule has 1 aromatic rings. The number of esters is 1. The van der Waals surface area contributed by atoms with Gasteiger partial charge in [-0.15, -0.1) is 11.8 Å². The number of thioether (sulfide) groups is 1. The summed E-state index contributed by atoms with van der Waals surface area (Å²) in [6, 6.07) is 5.63. The predicted octanol–water partition coefficient (Wildman–Crippen LogP) is 1.59. The highest BCUT2D eigenvalue weighted by Crippen LogP contribution is 2.41. The Balaban J connectivity index is 1.80. The fourth-order valence-corrected chi connectivity index (χ4v) is 3.64. The number of hydrogen-bond acceptors (Lipinski definition) is 6. The van der Waals surface area contributed by atoms with Crippen LogP contribution in [-0.2, 0) is 14.3 Å². The molecule has 22 heavy (non-hydrogen) atoms. The van der Waals surface area contributed by atoms with Crippen molar-refractivity contribution < 1.29 is 23.8 Å². The Kier molecular flexibility index (Phi) is 4.42. The first-order chi connectivity index (χ1) is 10.7. The Bertz CT molecular complexity index is 591. The van der Waals surface area contributed by atoms with E-state index in [4.69, 9.17) is 14.2 Å². The van der Waals surface area contributed by atoms with Crippen molar-refractivity contribution >= 4 is 23.6 Å². The van der Waals surface area contributed by atoms with Crippen LogP contribution in [0.1, 0.15) is 17.9 Å². The maximum atomic E-state index is 12.0. The molecule has 2 aliphatic heterocycles. The van der Waals surface area contributed by atoms with Crippen molar-refractivity contribution in [1.29, 1.82) is 0 Å². The minimum atomic E-state index is -0.388. The number of carbonyl (C=O) groups excluding carboxylic acids is 2. The van der Waals surface area contributed by atoms with Gasteiger partial charge in [-0.3, -0.25) is 9.59 Å². The van der Waals surface area contributed by atoms with E-state index in [1.54, 1.807) is 11.8 Å². The van der Waals surface area contributed by atoms with Crippen molar-refractivity contribution in [2.24, 2.45) is 0 Å². The summed E-state index contributed by atoms with van der Waals surface area (Å²) in [5.41, 5.74) is 0.921. The quantitative estimate of drug-likeness (QED) is 0.784. The van der Waals surface area contributed by atoms with Crippen LogP contribution in [0.2, 0.25) is 0 Å². The van der Waals surface area contributed by atoms with Gasteiger partial charge in [0.05, 0.1) is 12.4 Å². The summed E-state index contributed by atoms with van der Waals surface area (Å²) in [5.74, 6) is 1.30. The van der Waals surface area contributed by atoms with Crippen molar-refractivity contribution in [3.63, 3.8) is 0 Å². The fraction of sp³-hybridized carbons (Fsp3) is 0.467. The lowest BCUT2D eigenvalue weighted by molar-refractivity contribution is -0.148. The van der Waals surface area contributed by atoms with Crippen LogP contribution in [0, 0.1) is 0 Å². The molecular weight excluding hydrogens is 306 g/mol. The molecule has 2 heterocycles. The van der Waals surface area contributed by atoms with Gasteiger partial charge < -0.3 is 19.1 Å². The summed E-state index contributed by atoms with van der Waals surface area (Å²) < 4.78 is 16.0. The zero-order valence-electron chi connectivity index (χ0n) is 12.2. The molecule has 1 atom stereocenters. The lowest BCUT2D eigenvalue weighted by Gasteiger charge is -2.25. The predicted molar refractivity (Wildman–Crippen MR) is 81.0 cm³/mol. The number of nitrogens with zero attached hydrogens (tertiary/aromatic N) is 1. The van der Waals surface area contributed by atoms with E-state index in [1.165, 1.54) is 11.8 Å². The van der Waals surface area contributed by atoms with E-state index in [0.29, 0.717) is 37.1 Å². The van der Waals surface area contributed by atoms with E-state index in [2.05, 4.69) is 0 Å². The van der Waals surface area contributed by atoms with E-state index < -0.39 is 0 Å². The fourth-order valence-electron chi connectivity index (χ4n) is 2.46. The molecule has 1 fully saturated rings. The van der Waals surface area contributed by atoms with Gasteiger partial charge in [-0.25, -0.2) is 0 Å². The highest BCUT2D eigenvalue weighted by molar-refractivity contribution is 8.00. The van der Waals surface area contributed by atoms with Crippen LogP contribution in [0.3, 0.4) is 0 Å². The average Bonchev–Trinajstić information content (AvgIpc) is 2.88. The molecular formula is C15H17NO5S. The highest BCUT2D eigenvalue weighted by atomic mass is 32.2. The molecule has 0 bridgehead atoms. The summed E-state index contributed by atoms with van der Waals surface area (Å²) in [7, 11) is 0. The number of benzene rings is 1. The SMILES string of the molecule is CCOC(=O)CN1C(=O)CSC1c1ccc2c(c1)OCCO2. The van der Waals surface area contributed by atoms with Gasteiger partial charge in [-0.1, -0.05) is 6.07 Å². The van der Waals surface area contributed by atoms with Crippen LogP contribution < -0.4 is 9.47 Å². The molecule has 0 aromatic heterocycles. The van der Waals surface area contributed by atoms with Crippen LogP contribution in [0.15, 0.2) is 18.2 Å². The van der Waals surface area contributed by atoms with Gasteiger partial charge in [-0.2, -0.15) is 0 Å². The molecule has 7 heteroatoms. The first-order valence-electron chi connectivity index (χ1n) is 7.15. The molecule has 1 saturated heterocycles. The molecule has 1 unspecified atom stereocenters. The first-order valence-corrected chi connectivity index (χ1v) is 8.20. The molecule has 2 aliphatic rings. The molecule has 1 amide bonds. The molecule has 3 rings (SSSR count). The number of fused-ring (bicyclic) bond motifs is 1. The minimum absolute atomic E-state index is 0.0290. The molecule has 1 aromatic carbocycles. The number of carbonyl (C=O) groups is 2. The molecule has 0 aliphatic carbocycles. The monoisotopic (exact) mass is 323 g/mol. The zero-order valence-corrected chi connectivity index (χ0v) is 13.1. The normalized spacial score (nSPS) is 20.1. The van der Waals surface area contributed by atoms with Gasteiger partial charge in [-0.05, 0) is 24.6 Å². The van der Waals surface area contributed by atoms with Crippen molar-refractivity contribution in [3.05, 3.63) is 23.8 Å². The molecule has 0 spiro atoms. The van der Waals surface area contributed by atoms with Crippen molar-refractivity contribution in [1.82, 2.24) is 4.90 Å². The molecule has 0 saturated carbocycles. The first kappa shape index (κ1) is 15.0. The Morgan fingerprint density at radius 3 is 2.91 bits per heavy atom. The van der Waals surface area contributed by atoms with E-state index >= 15 is 0 Å². The van der Waals surface area contributed by atoms with Crippen LogP contribution in [-0.4, -0.2) is 48.9 Å². The lowest BCUT2D eigenvalue weighted by atomic mass is 10.1. The maximum absolute atomic E-state index is 12.0. The topological polar surface area (TPSA) is 65.1 Å². The van der Waals surface area contributed by atoms with E-state index in [0.717, 1.165) is 5.56 Å². The van der Waals surface area contributed by atoms with E-state index in [1.807, 2.05) is 18.2 Å². The zero-order chi connectivity index (χ0) is 15.5. The van der Waals surface area contributed by atoms with Crippen molar-refractivity contribution in [2.75, 3.05) is 32.1 Å². The van der Waals surface area contributed by atoms with Gasteiger partial charge in [0.15, 0.2) is 11.5 Å². The summed E-state index contributed by atoms with van der Waals surface area (Å²) >= 11 is 1.49. The summed E-state index contributed by atoms with van der Waals surface area (Å²) in [6.07, 6.45) is 0. The lowest BCUT2D eigenvalue weighted by Crippen LogP contribution is -2.34. The van der Waals surface area contributed by atoms with Crippen LogP contribution in [0.4, 0.5) is 0 Å².